The van der Waals surface area contributed by atoms with Gasteiger partial charge in [-0.1, -0.05) is 33.1 Å². The van der Waals surface area contributed by atoms with Crippen LogP contribution in [-0.4, -0.2) is 47.7 Å². The van der Waals surface area contributed by atoms with E-state index in [4.69, 9.17) is 0 Å². The predicted molar refractivity (Wildman–Crippen MR) is 94.3 cm³/mol. The van der Waals surface area contributed by atoms with Crippen LogP contribution >= 0.6 is 0 Å². The third-order valence-electron chi connectivity index (χ3n) is 5.69. The monoisotopic (exact) mass is 324 g/mol. The van der Waals surface area contributed by atoms with E-state index in [2.05, 4.69) is 5.32 Å². The van der Waals surface area contributed by atoms with Crippen molar-refractivity contribution >= 4 is 5.91 Å². The first kappa shape index (κ1) is 18.7. The number of nitrogens with one attached hydrogen (secondary N) is 1. The molecule has 23 heavy (non-hydrogen) atoms. The van der Waals surface area contributed by atoms with Crippen molar-refractivity contribution in [3.05, 3.63) is 0 Å². The first-order chi connectivity index (χ1) is 11.1. The van der Waals surface area contributed by atoms with Gasteiger partial charge in [0.05, 0.1) is 6.10 Å². The minimum Gasteiger partial charge on any atom is -0.393 e. The zero-order chi connectivity index (χ0) is 16.7. The number of hydrogen-bond donors (Lipinski definition) is 2. The lowest BCUT2D eigenvalue weighted by Crippen LogP contribution is -2.52. The number of likely N-dealkylation sites (tertiary alicyclic amines) is 1. The van der Waals surface area contributed by atoms with Crippen molar-refractivity contribution in [1.29, 1.82) is 0 Å². The van der Waals surface area contributed by atoms with Crippen molar-refractivity contribution in [3.8, 4) is 0 Å². The molecule has 2 rings (SSSR count). The van der Waals surface area contributed by atoms with Crippen molar-refractivity contribution in [2.45, 2.75) is 83.8 Å². The average Bonchev–Trinajstić information content (AvgIpc) is 2.59. The minimum atomic E-state index is -0.226. The fraction of sp³-hybridized carbons (Fsp3) is 0.947. The van der Waals surface area contributed by atoms with Gasteiger partial charge >= 0.3 is 0 Å². The molecule has 2 fully saturated rings. The van der Waals surface area contributed by atoms with Crippen LogP contribution in [0, 0.1) is 11.8 Å². The summed E-state index contributed by atoms with van der Waals surface area (Å²) in [4.78, 5) is 14.2. The molecule has 4 heteroatoms. The molecule has 0 aromatic rings. The number of carbonyl (C=O) groups excluding carboxylic acids is 1. The number of rotatable bonds is 7. The van der Waals surface area contributed by atoms with Crippen LogP contribution < -0.4 is 5.32 Å². The number of nitrogens with zero attached hydrogens (tertiary/aromatic N) is 1. The number of aliphatic hydroxyl groups is 1. The normalized spacial score (nSPS) is 27.9. The Morgan fingerprint density at radius 2 is 1.91 bits per heavy atom. The van der Waals surface area contributed by atoms with E-state index in [-0.39, 0.29) is 12.0 Å². The second-order valence-corrected chi connectivity index (χ2v) is 7.66. The summed E-state index contributed by atoms with van der Waals surface area (Å²) in [6.07, 6.45) is 9.95. The Hall–Kier alpha value is -0.610. The number of hydrogen-bond acceptors (Lipinski definition) is 3. The van der Waals surface area contributed by atoms with E-state index >= 15 is 0 Å². The summed E-state index contributed by atoms with van der Waals surface area (Å²) in [5, 5.41) is 13.7. The van der Waals surface area contributed by atoms with Crippen LogP contribution in [-0.2, 0) is 4.79 Å². The third-order valence-corrected chi connectivity index (χ3v) is 5.69. The largest absolute Gasteiger partial charge is 0.393 e. The topological polar surface area (TPSA) is 52.6 Å². The van der Waals surface area contributed by atoms with Gasteiger partial charge in [0.2, 0.25) is 5.91 Å². The molecule has 1 aliphatic carbocycles. The van der Waals surface area contributed by atoms with Crippen LogP contribution in [0.2, 0.25) is 0 Å². The molecule has 0 bridgehead atoms. The van der Waals surface area contributed by atoms with E-state index in [0.29, 0.717) is 18.4 Å². The van der Waals surface area contributed by atoms with Gasteiger partial charge in [-0.05, 0) is 50.5 Å². The minimum absolute atomic E-state index is 0.226. The van der Waals surface area contributed by atoms with Gasteiger partial charge < -0.3 is 15.3 Å². The molecule has 3 unspecified atom stereocenters. The van der Waals surface area contributed by atoms with Crippen LogP contribution in [0.1, 0.15) is 71.6 Å². The van der Waals surface area contributed by atoms with Gasteiger partial charge in [0.25, 0.3) is 0 Å². The van der Waals surface area contributed by atoms with Crippen molar-refractivity contribution < 1.29 is 9.90 Å². The summed E-state index contributed by atoms with van der Waals surface area (Å²) in [5.41, 5.74) is 0. The highest BCUT2D eigenvalue weighted by molar-refractivity contribution is 5.76. The molecule has 0 radical (unpaired) electrons. The summed E-state index contributed by atoms with van der Waals surface area (Å²) in [6, 6.07) is 0.398. The molecule has 0 aromatic heterocycles. The van der Waals surface area contributed by atoms with E-state index in [0.717, 1.165) is 44.8 Å². The fourth-order valence-electron chi connectivity index (χ4n) is 4.23. The molecule has 0 aromatic carbocycles. The van der Waals surface area contributed by atoms with Crippen LogP contribution in [0.5, 0.6) is 0 Å². The first-order valence-corrected chi connectivity index (χ1v) is 9.81. The predicted octanol–water partition coefficient (Wildman–Crippen LogP) is 2.94. The Morgan fingerprint density at radius 3 is 2.57 bits per heavy atom. The van der Waals surface area contributed by atoms with Gasteiger partial charge in [0.15, 0.2) is 0 Å². The molecular formula is C19H36N2O2. The smallest absolute Gasteiger partial charge is 0.222 e. The highest BCUT2D eigenvalue weighted by Crippen LogP contribution is 2.25. The highest BCUT2D eigenvalue weighted by atomic mass is 16.3. The highest BCUT2D eigenvalue weighted by Gasteiger charge is 2.30. The molecule has 0 spiro atoms. The van der Waals surface area contributed by atoms with E-state index in [1.54, 1.807) is 0 Å². The van der Waals surface area contributed by atoms with Gasteiger partial charge in [-0.25, -0.2) is 0 Å². The van der Waals surface area contributed by atoms with Crippen molar-refractivity contribution in [2.24, 2.45) is 11.8 Å². The number of aliphatic hydroxyl groups excluding tert-OH is 1. The lowest BCUT2D eigenvalue weighted by molar-refractivity contribution is -0.133. The fourth-order valence-corrected chi connectivity index (χ4v) is 4.23. The SMILES string of the molecule is CCC(=O)N1CC(CC(O)CC)CC(NCC2CCCCC2)C1. The molecule has 4 nitrogen and oxygen atoms in total. The zero-order valence-electron chi connectivity index (χ0n) is 15.1. The Kier molecular flexibility index (Phi) is 7.84. The summed E-state index contributed by atoms with van der Waals surface area (Å²) in [6.45, 7) is 6.74. The molecule has 3 atom stereocenters. The van der Waals surface area contributed by atoms with Gasteiger partial charge in [-0.15, -0.1) is 0 Å². The lowest BCUT2D eigenvalue weighted by Gasteiger charge is -2.39. The summed E-state index contributed by atoms with van der Waals surface area (Å²) in [5.74, 6) is 1.50. The quantitative estimate of drug-likeness (QED) is 0.757. The second-order valence-electron chi connectivity index (χ2n) is 7.66. The molecule has 2 N–H and O–H groups in total. The van der Waals surface area contributed by atoms with Crippen molar-refractivity contribution in [3.63, 3.8) is 0 Å². The molecule has 1 heterocycles. The van der Waals surface area contributed by atoms with Crippen LogP contribution in [0.25, 0.3) is 0 Å². The molecule has 1 aliphatic heterocycles. The molecule has 1 amide bonds. The van der Waals surface area contributed by atoms with E-state index < -0.39 is 0 Å². The Morgan fingerprint density at radius 1 is 1.17 bits per heavy atom. The second kappa shape index (κ2) is 9.63. The molecule has 1 saturated carbocycles. The van der Waals surface area contributed by atoms with Gasteiger partial charge in [0.1, 0.15) is 0 Å². The van der Waals surface area contributed by atoms with Crippen LogP contribution in [0.3, 0.4) is 0 Å². The van der Waals surface area contributed by atoms with Crippen molar-refractivity contribution in [1.82, 2.24) is 10.2 Å². The van der Waals surface area contributed by atoms with Crippen LogP contribution in [0.15, 0.2) is 0 Å². The summed E-state index contributed by atoms with van der Waals surface area (Å²) >= 11 is 0. The lowest BCUT2D eigenvalue weighted by atomic mass is 9.87. The van der Waals surface area contributed by atoms with E-state index in [1.807, 2.05) is 18.7 Å². The molecule has 134 valence electrons. The maximum absolute atomic E-state index is 12.2. The first-order valence-electron chi connectivity index (χ1n) is 9.81. The number of piperidine rings is 1. The van der Waals surface area contributed by atoms with Crippen LogP contribution in [0.4, 0.5) is 0 Å². The maximum Gasteiger partial charge on any atom is 0.222 e. The Bertz CT molecular complexity index is 355. The summed E-state index contributed by atoms with van der Waals surface area (Å²) < 4.78 is 0. The molecular weight excluding hydrogens is 288 g/mol. The molecule has 2 aliphatic rings. The van der Waals surface area contributed by atoms with E-state index in [1.165, 1.54) is 32.1 Å². The third kappa shape index (κ3) is 6.07. The summed E-state index contributed by atoms with van der Waals surface area (Å²) in [7, 11) is 0. The van der Waals surface area contributed by atoms with Gasteiger partial charge in [-0.3, -0.25) is 4.79 Å². The average molecular weight is 325 g/mol. The standard InChI is InChI=1S/C19H36N2O2/c1-3-18(22)11-16-10-17(14-21(13-16)19(23)4-2)20-12-15-8-6-5-7-9-15/h15-18,20,22H,3-14H2,1-2H3. The van der Waals surface area contributed by atoms with Gasteiger partial charge in [-0.2, -0.15) is 0 Å². The Balaban J connectivity index is 1.86. The zero-order valence-corrected chi connectivity index (χ0v) is 15.1. The van der Waals surface area contributed by atoms with Gasteiger partial charge in [0, 0.05) is 25.6 Å². The maximum atomic E-state index is 12.2. The van der Waals surface area contributed by atoms with E-state index in [9.17, 15) is 9.90 Å². The Labute approximate surface area is 142 Å². The van der Waals surface area contributed by atoms with Crippen molar-refractivity contribution in [2.75, 3.05) is 19.6 Å². The number of carbonyl (C=O) groups is 1. The molecule has 1 saturated heterocycles. The number of amides is 1.